The zero-order valence-corrected chi connectivity index (χ0v) is 41.8. The minimum absolute atomic E-state index is 0.00258. The molecule has 3 aromatic rings. The molecule has 372 valence electrons. The number of ether oxygens (including phenoxy) is 3. The Hall–Kier alpha value is -5.31. The number of benzene rings is 2. The number of likely N-dealkylation sites (tertiary alicyclic amines) is 1. The van der Waals surface area contributed by atoms with Crippen molar-refractivity contribution in [1.82, 2.24) is 30.7 Å². The number of aromatic nitrogens is 1. The predicted octanol–water partition coefficient (Wildman–Crippen LogP) is 5.06. The number of hydrogen-bond donors (Lipinski definition) is 4. The van der Waals surface area contributed by atoms with Crippen LogP contribution in [0.15, 0.2) is 60.8 Å². The SMILES string of the molecule is CC(C)(C)[C@H](NC(=O)COCCN1CCN(c2ccc(C(=O)N[C@H]3C(C)(C)[C@H](Oc4ccc(C#N)c(Cl)c4)C3(C)C)cn2)CC1)C(=O)N1C[C@H](O)C[C@H]1C(=O)NCc1ccc(C2CCOCC2)cc1. The van der Waals surface area contributed by atoms with Crippen LogP contribution in [0.1, 0.15) is 101 Å². The zero-order valence-electron chi connectivity index (χ0n) is 41.1. The van der Waals surface area contributed by atoms with Crippen molar-refractivity contribution in [3.05, 3.63) is 88.1 Å². The van der Waals surface area contributed by atoms with Gasteiger partial charge < -0.3 is 45.1 Å². The fraction of sp³-hybridized carbons (Fsp3) is 0.577. The second-order valence-electron chi connectivity index (χ2n) is 21.2. The van der Waals surface area contributed by atoms with Gasteiger partial charge in [0.1, 0.15) is 42.4 Å². The second kappa shape index (κ2) is 21.8. The molecule has 0 radical (unpaired) electrons. The molecule has 3 saturated heterocycles. The molecular weight excluding hydrogens is 900 g/mol. The van der Waals surface area contributed by atoms with Gasteiger partial charge in [-0.1, -0.05) is 84.3 Å². The van der Waals surface area contributed by atoms with E-state index in [4.69, 9.17) is 25.8 Å². The zero-order chi connectivity index (χ0) is 49.7. The number of pyridine rings is 1. The number of nitrogens with zero attached hydrogens (tertiary/aromatic N) is 5. The summed E-state index contributed by atoms with van der Waals surface area (Å²) in [6.45, 7) is 19.3. The lowest BCUT2D eigenvalue weighted by molar-refractivity contribution is -0.164. The third-order valence-electron chi connectivity index (χ3n) is 14.3. The molecule has 4 heterocycles. The molecule has 0 spiro atoms. The summed E-state index contributed by atoms with van der Waals surface area (Å²) < 4.78 is 17.7. The summed E-state index contributed by atoms with van der Waals surface area (Å²) in [7, 11) is 0. The average molecular weight is 970 g/mol. The first-order chi connectivity index (χ1) is 32.8. The normalized spacial score (nSPS) is 23.0. The number of amides is 4. The lowest BCUT2D eigenvalue weighted by atomic mass is 9.49. The molecule has 4 aliphatic rings. The molecule has 0 bridgehead atoms. The molecule has 3 aliphatic heterocycles. The average Bonchev–Trinajstić information content (AvgIpc) is 3.73. The number of anilines is 1. The number of β-amino-alcohol motifs (C(OH)–C–C–N with tert-alkyl or cyclic N) is 1. The molecule has 1 aliphatic carbocycles. The van der Waals surface area contributed by atoms with E-state index in [-0.39, 0.29) is 43.5 Å². The van der Waals surface area contributed by atoms with Gasteiger partial charge in [-0.25, -0.2) is 4.98 Å². The highest BCUT2D eigenvalue weighted by atomic mass is 35.5. The maximum Gasteiger partial charge on any atom is 0.253 e. The topological polar surface area (TPSA) is 199 Å². The van der Waals surface area contributed by atoms with Gasteiger partial charge in [0.25, 0.3) is 5.91 Å². The largest absolute Gasteiger partial charge is 0.489 e. The molecule has 3 atom stereocenters. The van der Waals surface area contributed by atoms with Gasteiger partial charge in [-0.2, -0.15) is 5.26 Å². The van der Waals surface area contributed by atoms with Crippen molar-refractivity contribution in [3.63, 3.8) is 0 Å². The molecular formula is C52H69ClN8O8. The van der Waals surface area contributed by atoms with E-state index in [1.165, 1.54) is 10.5 Å². The van der Waals surface area contributed by atoms with E-state index in [9.17, 15) is 29.5 Å². The Morgan fingerprint density at radius 1 is 0.986 bits per heavy atom. The van der Waals surface area contributed by atoms with Crippen LogP contribution in [0.2, 0.25) is 5.02 Å². The second-order valence-corrected chi connectivity index (χ2v) is 21.6. The van der Waals surface area contributed by atoms with Gasteiger partial charge in [0, 0.05) is 94.6 Å². The van der Waals surface area contributed by atoms with E-state index in [1.54, 1.807) is 30.5 Å². The summed E-state index contributed by atoms with van der Waals surface area (Å²) in [5.41, 5.74) is 1.57. The van der Waals surface area contributed by atoms with E-state index < -0.39 is 46.2 Å². The highest BCUT2D eigenvalue weighted by molar-refractivity contribution is 6.31. The first kappa shape index (κ1) is 51.5. The monoisotopic (exact) mass is 968 g/mol. The minimum atomic E-state index is -0.949. The quantitative estimate of drug-likeness (QED) is 0.140. The van der Waals surface area contributed by atoms with Crippen molar-refractivity contribution in [2.24, 2.45) is 16.2 Å². The molecule has 17 heteroatoms. The maximum atomic E-state index is 14.1. The van der Waals surface area contributed by atoms with Crippen LogP contribution in [-0.4, -0.2) is 140 Å². The smallest absolute Gasteiger partial charge is 0.253 e. The molecule has 2 aromatic carbocycles. The third-order valence-corrected chi connectivity index (χ3v) is 14.7. The fourth-order valence-electron chi connectivity index (χ4n) is 10.6. The molecule has 4 N–H and O–H groups in total. The molecule has 1 aromatic heterocycles. The standard InChI is InChI=1S/C52H69ClN8O8/c1-50(2,3)44(47(66)61-31-38(62)26-41(61)46(65)56-29-33-8-10-34(11-9-33)35-16-23-67-24-17-35)57-43(63)32-68-25-22-59-18-20-60(21-19-59)42-15-13-37(30-55-42)45(64)58-48-51(4,5)49(52(48,6)7)69-39-14-12-36(28-54)40(53)27-39/h8-15,27,30,35,38,41,44,48-49,62H,16-26,29,31-32H2,1-7H3,(H,56,65)(H,57,63)(H,58,64)/t38-,41+,44-,48-,49-/m1/s1. The summed E-state index contributed by atoms with van der Waals surface area (Å²) >= 11 is 6.25. The first-order valence-corrected chi connectivity index (χ1v) is 24.5. The van der Waals surface area contributed by atoms with E-state index in [2.05, 4.69) is 76.6 Å². The van der Waals surface area contributed by atoms with Crippen molar-refractivity contribution in [2.75, 3.05) is 70.6 Å². The lowest BCUT2D eigenvalue weighted by Gasteiger charge is -2.63. The third kappa shape index (κ3) is 12.2. The Labute approximate surface area is 411 Å². The van der Waals surface area contributed by atoms with Gasteiger partial charge in [0.15, 0.2) is 0 Å². The summed E-state index contributed by atoms with van der Waals surface area (Å²) in [4.78, 5) is 64.7. The van der Waals surface area contributed by atoms with E-state index in [0.717, 1.165) is 63.6 Å². The number of rotatable bonds is 16. The molecule has 16 nitrogen and oxygen atoms in total. The number of aliphatic hydroxyl groups is 1. The molecule has 7 rings (SSSR count). The number of carbonyl (C=O) groups excluding carboxylic acids is 4. The highest BCUT2D eigenvalue weighted by Gasteiger charge is 2.64. The Morgan fingerprint density at radius 2 is 1.68 bits per heavy atom. The predicted molar refractivity (Wildman–Crippen MR) is 262 cm³/mol. The molecule has 4 fully saturated rings. The number of halogens is 1. The fourth-order valence-corrected chi connectivity index (χ4v) is 10.9. The number of nitrogens with one attached hydrogen (secondary N) is 3. The Balaban J connectivity index is 0.818. The van der Waals surface area contributed by atoms with E-state index >= 15 is 0 Å². The number of nitriles is 1. The molecule has 0 unspecified atom stereocenters. The Bertz CT molecular complexity index is 2320. The van der Waals surface area contributed by atoms with Crippen molar-refractivity contribution in [2.45, 2.75) is 111 Å². The minimum Gasteiger partial charge on any atom is -0.489 e. The van der Waals surface area contributed by atoms with Crippen molar-refractivity contribution < 1.29 is 38.5 Å². The van der Waals surface area contributed by atoms with Gasteiger partial charge >= 0.3 is 0 Å². The Morgan fingerprint density at radius 3 is 2.30 bits per heavy atom. The van der Waals surface area contributed by atoms with Gasteiger partial charge in [0.05, 0.1) is 28.9 Å². The van der Waals surface area contributed by atoms with Crippen molar-refractivity contribution in [3.8, 4) is 11.8 Å². The number of piperazine rings is 1. The maximum absolute atomic E-state index is 14.1. The van der Waals surface area contributed by atoms with Gasteiger partial charge in [0.2, 0.25) is 17.7 Å². The van der Waals surface area contributed by atoms with Crippen LogP contribution < -0.4 is 25.6 Å². The van der Waals surface area contributed by atoms with Crippen LogP contribution in [-0.2, 0) is 30.4 Å². The number of hydrogen-bond acceptors (Lipinski definition) is 12. The summed E-state index contributed by atoms with van der Waals surface area (Å²) in [6.07, 6.45) is 2.63. The molecule has 69 heavy (non-hydrogen) atoms. The Kier molecular flexibility index (Phi) is 16.3. The summed E-state index contributed by atoms with van der Waals surface area (Å²) in [5, 5.41) is 29.2. The van der Waals surface area contributed by atoms with Crippen LogP contribution in [0, 0.1) is 27.6 Å². The van der Waals surface area contributed by atoms with Crippen LogP contribution in [0.4, 0.5) is 5.82 Å². The van der Waals surface area contributed by atoms with Crippen LogP contribution in [0.25, 0.3) is 0 Å². The lowest BCUT2D eigenvalue weighted by Crippen LogP contribution is -2.74. The van der Waals surface area contributed by atoms with Crippen molar-refractivity contribution >= 4 is 41.0 Å². The van der Waals surface area contributed by atoms with Gasteiger partial charge in [-0.15, -0.1) is 0 Å². The van der Waals surface area contributed by atoms with Crippen molar-refractivity contribution in [1.29, 1.82) is 5.26 Å². The highest BCUT2D eigenvalue weighted by Crippen LogP contribution is 2.55. The summed E-state index contributed by atoms with van der Waals surface area (Å²) in [5.74, 6) is 0.407. The molecule has 1 saturated carbocycles. The number of carbonyl (C=O) groups is 4. The van der Waals surface area contributed by atoms with E-state index in [0.29, 0.717) is 47.5 Å². The van der Waals surface area contributed by atoms with Gasteiger partial charge in [-0.3, -0.25) is 24.1 Å². The van der Waals surface area contributed by atoms with E-state index in [1.807, 2.05) is 39.0 Å². The van der Waals surface area contributed by atoms with Crippen LogP contribution >= 0.6 is 11.6 Å². The van der Waals surface area contributed by atoms with Gasteiger partial charge in [-0.05, 0) is 59.6 Å². The van der Waals surface area contributed by atoms with Crippen LogP contribution in [0.3, 0.4) is 0 Å². The van der Waals surface area contributed by atoms with Crippen LogP contribution in [0.5, 0.6) is 5.75 Å². The number of aliphatic hydroxyl groups excluding tert-OH is 1. The first-order valence-electron chi connectivity index (χ1n) is 24.2. The molecule has 4 amide bonds. The summed E-state index contributed by atoms with van der Waals surface area (Å²) in [6, 6.07) is 17.0.